The van der Waals surface area contributed by atoms with Gasteiger partial charge in [0.25, 0.3) is 0 Å². The van der Waals surface area contributed by atoms with Gasteiger partial charge in [-0.2, -0.15) is 0 Å². The van der Waals surface area contributed by atoms with E-state index in [9.17, 15) is 4.79 Å². The number of anilines is 1. The number of nitrogens with two attached hydrogens (primary N) is 1. The van der Waals surface area contributed by atoms with E-state index in [0.717, 1.165) is 11.1 Å². The van der Waals surface area contributed by atoms with E-state index in [1.54, 1.807) is 30.3 Å². The van der Waals surface area contributed by atoms with Gasteiger partial charge >= 0.3 is 5.97 Å². The molecule has 102 valence electrons. The quantitative estimate of drug-likeness (QED) is 0.497. The van der Waals surface area contributed by atoms with Crippen LogP contribution in [0.25, 0.3) is 6.08 Å². The highest BCUT2D eigenvalue weighted by Crippen LogP contribution is 2.12. The molecule has 0 aliphatic rings. The summed E-state index contributed by atoms with van der Waals surface area (Å²) in [7, 11) is 0. The number of rotatable bonds is 5. The standard InChI is InChI=1S/C16H16N2O2/c1-2-12-5-3-6-13(9-12)11-20-16(19)14-7-4-8-15(10-14)18-17/h2-10,18H,1,11,17H2. The van der Waals surface area contributed by atoms with Crippen LogP contribution < -0.4 is 11.3 Å². The highest BCUT2D eigenvalue weighted by molar-refractivity contribution is 5.90. The third kappa shape index (κ3) is 3.46. The Morgan fingerprint density at radius 3 is 2.80 bits per heavy atom. The SMILES string of the molecule is C=Cc1cccc(COC(=O)c2cccc(NN)c2)c1. The average Bonchev–Trinajstić information content (AvgIpc) is 2.52. The number of nitrogen functional groups attached to an aromatic ring is 1. The molecule has 0 amide bonds. The van der Waals surface area contributed by atoms with Gasteiger partial charge in [0, 0.05) is 5.69 Å². The summed E-state index contributed by atoms with van der Waals surface area (Å²) in [5, 5.41) is 0. The number of carbonyl (C=O) groups excluding carboxylic acids is 1. The van der Waals surface area contributed by atoms with Crippen molar-refractivity contribution in [2.75, 3.05) is 5.43 Å². The summed E-state index contributed by atoms with van der Waals surface area (Å²) < 4.78 is 5.27. The second-order valence-corrected chi connectivity index (χ2v) is 4.25. The van der Waals surface area contributed by atoms with Crippen molar-refractivity contribution in [3.8, 4) is 0 Å². The van der Waals surface area contributed by atoms with Gasteiger partial charge in [-0.1, -0.05) is 36.9 Å². The van der Waals surface area contributed by atoms with E-state index in [-0.39, 0.29) is 12.6 Å². The van der Waals surface area contributed by atoms with Crippen LogP contribution in [0, 0.1) is 0 Å². The minimum atomic E-state index is -0.383. The van der Waals surface area contributed by atoms with Crippen molar-refractivity contribution >= 4 is 17.7 Å². The van der Waals surface area contributed by atoms with Gasteiger partial charge in [0.15, 0.2) is 0 Å². The monoisotopic (exact) mass is 268 g/mol. The molecule has 3 N–H and O–H groups in total. The Kier molecular flexibility index (Phi) is 4.52. The number of nitrogens with one attached hydrogen (secondary N) is 1. The maximum Gasteiger partial charge on any atom is 0.338 e. The second-order valence-electron chi connectivity index (χ2n) is 4.25. The van der Waals surface area contributed by atoms with Crippen LogP contribution in [-0.2, 0) is 11.3 Å². The first-order valence-electron chi connectivity index (χ1n) is 6.18. The fraction of sp³-hybridized carbons (Fsp3) is 0.0625. The first-order valence-corrected chi connectivity index (χ1v) is 6.18. The normalized spacial score (nSPS) is 9.85. The van der Waals surface area contributed by atoms with Crippen LogP contribution in [0.2, 0.25) is 0 Å². The van der Waals surface area contributed by atoms with Crippen LogP contribution in [0.4, 0.5) is 5.69 Å². The number of ether oxygens (including phenoxy) is 1. The summed E-state index contributed by atoms with van der Waals surface area (Å²) >= 11 is 0. The van der Waals surface area contributed by atoms with E-state index in [0.29, 0.717) is 11.3 Å². The van der Waals surface area contributed by atoms with Crippen molar-refractivity contribution < 1.29 is 9.53 Å². The maximum absolute atomic E-state index is 11.9. The predicted molar refractivity (Wildman–Crippen MR) is 79.9 cm³/mol. The van der Waals surface area contributed by atoms with Gasteiger partial charge in [0.2, 0.25) is 0 Å². The van der Waals surface area contributed by atoms with Crippen LogP contribution in [0.1, 0.15) is 21.5 Å². The molecule has 2 aromatic rings. The highest BCUT2D eigenvalue weighted by atomic mass is 16.5. The molecule has 0 fully saturated rings. The molecule has 4 nitrogen and oxygen atoms in total. The van der Waals surface area contributed by atoms with E-state index in [4.69, 9.17) is 10.6 Å². The Bertz CT molecular complexity index is 623. The first-order chi connectivity index (χ1) is 9.72. The largest absolute Gasteiger partial charge is 0.457 e. The van der Waals surface area contributed by atoms with Gasteiger partial charge in [0.1, 0.15) is 6.61 Å². The van der Waals surface area contributed by atoms with Crippen LogP contribution >= 0.6 is 0 Å². The van der Waals surface area contributed by atoms with Crippen LogP contribution in [0.3, 0.4) is 0 Å². The lowest BCUT2D eigenvalue weighted by Crippen LogP contribution is -2.09. The van der Waals surface area contributed by atoms with Gasteiger partial charge in [-0.3, -0.25) is 5.84 Å². The Balaban J connectivity index is 2.02. The number of esters is 1. The maximum atomic E-state index is 11.9. The molecular formula is C16H16N2O2. The van der Waals surface area contributed by atoms with E-state index < -0.39 is 0 Å². The number of hydrogen-bond acceptors (Lipinski definition) is 4. The summed E-state index contributed by atoms with van der Waals surface area (Å²) in [6.45, 7) is 3.93. The average molecular weight is 268 g/mol. The number of hydrogen-bond donors (Lipinski definition) is 2. The molecule has 0 bridgehead atoms. The molecule has 0 heterocycles. The third-order valence-electron chi connectivity index (χ3n) is 2.82. The highest BCUT2D eigenvalue weighted by Gasteiger charge is 2.08. The summed E-state index contributed by atoms with van der Waals surface area (Å²) in [4.78, 5) is 11.9. The summed E-state index contributed by atoms with van der Waals surface area (Å²) in [5.41, 5.74) is 5.52. The van der Waals surface area contributed by atoms with E-state index >= 15 is 0 Å². The molecule has 0 atom stereocenters. The zero-order chi connectivity index (χ0) is 14.4. The van der Waals surface area contributed by atoms with E-state index in [1.807, 2.05) is 24.3 Å². The van der Waals surface area contributed by atoms with Gasteiger partial charge < -0.3 is 10.2 Å². The molecule has 4 heteroatoms. The third-order valence-corrected chi connectivity index (χ3v) is 2.82. The minimum Gasteiger partial charge on any atom is -0.457 e. The fourth-order valence-corrected chi connectivity index (χ4v) is 1.78. The summed E-state index contributed by atoms with van der Waals surface area (Å²) in [5.74, 6) is 4.92. The first kappa shape index (κ1) is 13.8. The molecule has 0 spiro atoms. The molecule has 0 saturated carbocycles. The van der Waals surface area contributed by atoms with Crippen molar-refractivity contribution in [2.24, 2.45) is 5.84 Å². The van der Waals surface area contributed by atoms with Gasteiger partial charge in [-0.05, 0) is 35.4 Å². The molecule has 0 aliphatic heterocycles. The number of carbonyl (C=O) groups is 1. The smallest absolute Gasteiger partial charge is 0.338 e. The molecule has 0 aliphatic carbocycles. The number of benzene rings is 2. The lowest BCUT2D eigenvalue weighted by atomic mass is 10.1. The number of hydrazine groups is 1. The lowest BCUT2D eigenvalue weighted by molar-refractivity contribution is 0.0473. The summed E-state index contributed by atoms with van der Waals surface area (Å²) in [6.07, 6.45) is 1.75. The predicted octanol–water partition coefficient (Wildman–Crippen LogP) is 2.97. The Labute approximate surface area is 117 Å². The molecule has 0 saturated heterocycles. The Hall–Kier alpha value is -2.59. The van der Waals surface area contributed by atoms with Crippen molar-refractivity contribution in [1.82, 2.24) is 0 Å². The van der Waals surface area contributed by atoms with E-state index in [2.05, 4.69) is 12.0 Å². The topological polar surface area (TPSA) is 64.3 Å². The Morgan fingerprint density at radius 1 is 1.25 bits per heavy atom. The van der Waals surface area contributed by atoms with Crippen molar-refractivity contribution in [1.29, 1.82) is 0 Å². The van der Waals surface area contributed by atoms with Crippen molar-refractivity contribution in [3.63, 3.8) is 0 Å². The minimum absolute atomic E-state index is 0.223. The van der Waals surface area contributed by atoms with Gasteiger partial charge in [0.05, 0.1) is 5.56 Å². The Morgan fingerprint density at radius 2 is 2.05 bits per heavy atom. The van der Waals surface area contributed by atoms with Gasteiger partial charge in [-0.25, -0.2) is 4.79 Å². The zero-order valence-electron chi connectivity index (χ0n) is 11.0. The fourth-order valence-electron chi connectivity index (χ4n) is 1.78. The zero-order valence-corrected chi connectivity index (χ0v) is 11.0. The second kappa shape index (κ2) is 6.54. The molecule has 2 rings (SSSR count). The molecule has 0 aromatic heterocycles. The van der Waals surface area contributed by atoms with Crippen LogP contribution in [0.15, 0.2) is 55.1 Å². The molecule has 20 heavy (non-hydrogen) atoms. The van der Waals surface area contributed by atoms with Crippen LogP contribution in [0.5, 0.6) is 0 Å². The summed E-state index contributed by atoms with van der Waals surface area (Å²) in [6, 6.07) is 14.5. The van der Waals surface area contributed by atoms with Gasteiger partial charge in [-0.15, -0.1) is 0 Å². The van der Waals surface area contributed by atoms with Crippen LogP contribution in [-0.4, -0.2) is 5.97 Å². The molecule has 2 aromatic carbocycles. The molecule has 0 radical (unpaired) electrons. The van der Waals surface area contributed by atoms with Crippen molar-refractivity contribution in [2.45, 2.75) is 6.61 Å². The molecule has 0 unspecified atom stereocenters. The lowest BCUT2D eigenvalue weighted by Gasteiger charge is -2.07. The molecular weight excluding hydrogens is 252 g/mol. The van der Waals surface area contributed by atoms with E-state index in [1.165, 1.54) is 0 Å². The van der Waals surface area contributed by atoms with Crippen molar-refractivity contribution in [3.05, 3.63) is 71.8 Å².